The van der Waals surface area contributed by atoms with Crippen LogP contribution in [0, 0.1) is 5.41 Å². The third kappa shape index (κ3) is 3.14. The molecule has 3 N–H and O–H groups in total. The lowest BCUT2D eigenvalue weighted by Crippen LogP contribution is -2.49. The fraction of sp³-hybridized carbons (Fsp3) is 0.385. The summed E-state index contributed by atoms with van der Waals surface area (Å²) in [6.07, 6.45) is 0.985. The van der Waals surface area contributed by atoms with E-state index in [1.54, 1.807) is 18.2 Å². The molecule has 20 heavy (non-hydrogen) atoms. The Labute approximate surface area is 136 Å². The second-order valence-corrected chi connectivity index (χ2v) is 6.37. The van der Waals surface area contributed by atoms with E-state index < -0.39 is 5.41 Å². The number of nitrogens with two attached hydrogens (primary N) is 1. The lowest BCUT2D eigenvalue weighted by Gasteiger charge is -2.34. The number of halogens is 2. The van der Waals surface area contributed by atoms with Crippen molar-refractivity contribution in [1.82, 2.24) is 0 Å². The summed E-state index contributed by atoms with van der Waals surface area (Å²) in [4.78, 5) is 12.8. The predicted molar refractivity (Wildman–Crippen MR) is 87.1 cm³/mol. The number of thiocarbonyl (C=S) groups is 1. The molecule has 2 rings (SSSR count). The van der Waals surface area contributed by atoms with Crippen LogP contribution in [0.15, 0.2) is 22.7 Å². The van der Waals surface area contributed by atoms with E-state index in [1.807, 2.05) is 0 Å². The Bertz CT molecular complexity index is 547. The second-order valence-electron chi connectivity index (χ2n) is 4.64. The quantitative estimate of drug-likeness (QED) is 0.794. The number of benzene rings is 1. The maximum absolute atomic E-state index is 12.6. The largest absolute Gasteiger partial charge is 0.392 e. The molecule has 108 valence electrons. The predicted octanol–water partition coefficient (Wildman–Crippen LogP) is 3.12. The molecule has 0 aromatic heterocycles. The molecule has 0 unspecified atom stereocenters. The van der Waals surface area contributed by atoms with Crippen molar-refractivity contribution in [2.75, 3.05) is 18.5 Å². The smallest absolute Gasteiger partial charge is 0.237 e. The molecular formula is C13H14BrClN2O2S. The Morgan fingerprint density at radius 3 is 2.70 bits per heavy atom. The van der Waals surface area contributed by atoms with Gasteiger partial charge in [0.25, 0.3) is 0 Å². The summed E-state index contributed by atoms with van der Waals surface area (Å²) in [5, 5.41) is 3.39. The zero-order chi connectivity index (χ0) is 14.8. The normalized spacial score (nSPS) is 17.5. The summed E-state index contributed by atoms with van der Waals surface area (Å²) in [5.41, 5.74) is 5.55. The molecule has 1 aromatic rings. The highest BCUT2D eigenvalue weighted by atomic mass is 79.9. The summed E-state index contributed by atoms with van der Waals surface area (Å²) in [6, 6.07) is 5.19. The zero-order valence-electron chi connectivity index (χ0n) is 10.6. The van der Waals surface area contributed by atoms with E-state index in [9.17, 15) is 4.79 Å². The summed E-state index contributed by atoms with van der Waals surface area (Å²) in [6.45, 7) is 0.947. The highest BCUT2D eigenvalue weighted by Crippen LogP contribution is 2.34. The molecule has 7 heteroatoms. The fourth-order valence-corrected chi connectivity index (χ4v) is 2.96. The zero-order valence-corrected chi connectivity index (χ0v) is 13.8. The van der Waals surface area contributed by atoms with Crippen LogP contribution in [-0.4, -0.2) is 24.1 Å². The SMILES string of the molecule is NC(=S)C1(C(=O)Nc2cc(Cl)ccc2Br)CCOCC1. The van der Waals surface area contributed by atoms with Gasteiger partial charge in [-0.3, -0.25) is 4.79 Å². The van der Waals surface area contributed by atoms with Crippen molar-refractivity contribution >= 4 is 56.3 Å². The summed E-state index contributed by atoms with van der Waals surface area (Å²) in [5.74, 6) is -0.212. The van der Waals surface area contributed by atoms with E-state index in [1.165, 1.54) is 0 Å². The van der Waals surface area contributed by atoms with Crippen molar-refractivity contribution in [1.29, 1.82) is 0 Å². The Balaban J connectivity index is 2.25. The first-order valence-electron chi connectivity index (χ1n) is 6.10. The van der Waals surface area contributed by atoms with Gasteiger partial charge in [0.1, 0.15) is 5.41 Å². The van der Waals surface area contributed by atoms with Gasteiger partial charge < -0.3 is 15.8 Å². The van der Waals surface area contributed by atoms with Crippen molar-refractivity contribution in [3.8, 4) is 0 Å². The molecule has 1 heterocycles. The minimum absolute atomic E-state index is 0.205. The van der Waals surface area contributed by atoms with Crippen LogP contribution in [0.3, 0.4) is 0 Å². The van der Waals surface area contributed by atoms with Crippen LogP contribution in [0.1, 0.15) is 12.8 Å². The van der Waals surface area contributed by atoms with Gasteiger partial charge in [-0.15, -0.1) is 0 Å². The van der Waals surface area contributed by atoms with Crippen molar-refractivity contribution in [2.24, 2.45) is 11.1 Å². The van der Waals surface area contributed by atoms with Gasteiger partial charge in [-0.25, -0.2) is 0 Å². The number of hydrogen-bond acceptors (Lipinski definition) is 3. The van der Waals surface area contributed by atoms with Gasteiger partial charge >= 0.3 is 0 Å². The van der Waals surface area contributed by atoms with Crippen LogP contribution in [0.4, 0.5) is 5.69 Å². The molecule has 1 saturated heterocycles. The molecule has 0 radical (unpaired) electrons. The third-order valence-corrected chi connectivity index (χ3v) is 4.75. The van der Waals surface area contributed by atoms with Crippen molar-refractivity contribution in [3.05, 3.63) is 27.7 Å². The monoisotopic (exact) mass is 376 g/mol. The van der Waals surface area contributed by atoms with Crippen LogP contribution in [0.5, 0.6) is 0 Å². The van der Waals surface area contributed by atoms with E-state index in [0.29, 0.717) is 36.8 Å². The molecular weight excluding hydrogens is 364 g/mol. The molecule has 0 atom stereocenters. The Morgan fingerprint density at radius 2 is 2.10 bits per heavy atom. The molecule has 0 saturated carbocycles. The molecule has 0 aliphatic carbocycles. The number of hydrogen-bond donors (Lipinski definition) is 2. The summed E-state index contributed by atoms with van der Waals surface area (Å²) >= 11 is 14.4. The van der Waals surface area contributed by atoms with Crippen LogP contribution in [-0.2, 0) is 9.53 Å². The van der Waals surface area contributed by atoms with E-state index in [0.717, 1.165) is 4.47 Å². The lowest BCUT2D eigenvalue weighted by atomic mass is 9.79. The lowest BCUT2D eigenvalue weighted by molar-refractivity contribution is -0.126. The summed E-state index contributed by atoms with van der Waals surface area (Å²) in [7, 11) is 0. The first-order chi connectivity index (χ1) is 9.45. The number of anilines is 1. The van der Waals surface area contributed by atoms with Gasteiger partial charge in [0, 0.05) is 22.7 Å². The fourth-order valence-electron chi connectivity index (χ4n) is 2.14. The van der Waals surface area contributed by atoms with E-state index in [2.05, 4.69) is 21.2 Å². The minimum atomic E-state index is -0.852. The average molecular weight is 378 g/mol. The van der Waals surface area contributed by atoms with E-state index >= 15 is 0 Å². The molecule has 1 aliphatic rings. The molecule has 1 aliphatic heterocycles. The third-order valence-electron chi connectivity index (χ3n) is 3.43. The van der Waals surface area contributed by atoms with Gasteiger partial charge in [-0.1, -0.05) is 23.8 Å². The maximum atomic E-state index is 12.6. The van der Waals surface area contributed by atoms with Gasteiger partial charge in [0.05, 0.1) is 10.7 Å². The Morgan fingerprint density at radius 1 is 1.45 bits per heavy atom. The highest BCUT2D eigenvalue weighted by molar-refractivity contribution is 9.10. The van der Waals surface area contributed by atoms with Crippen molar-refractivity contribution < 1.29 is 9.53 Å². The molecule has 1 amide bonds. The number of amides is 1. The van der Waals surface area contributed by atoms with E-state index in [4.69, 9.17) is 34.3 Å². The first kappa shape index (κ1) is 15.7. The first-order valence-corrected chi connectivity index (χ1v) is 7.68. The minimum Gasteiger partial charge on any atom is -0.392 e. The topological polar surface area (TPSA) is 64.4 Å². The van der Waals surface area contributed by atoms with Crippen LogP contribution in [0.25, 0.3) is 0 Å². The molecule has 4 nitrogen and oxygen atoms in total. The summed E-state index contributed by atoms with van der Waals surface area (Å²) < 4.78 is 6.04. The Hall–Kier alpha value is -0.690. The van der Waals surface area contributed by atoms with Crippen LogP contribution < -0.4 is 11.1 Å². The van der Waals surface area contributed by atoms with Gasteiger partial charge in [-0.05, 0) is 47.0 Å². The number of ether oxygens (including phenoxy) is 1. The maximum Gasteiger partial charge on any atom is 0.237 e. The van der Waals surface area contributed by atoms with Crippen molar-refractivity contribution in [3.63, 3.8) is 0 Å². The molecule has 0 spiro atoms. The number of rotatable bonds is 3. The van der Waals surface area contributed by atoms with Gasteiger partial charge in [-0.2, -0.15) is 0 Å². The second kappa shape index (κ2) is 6.39. The number of carbonyl (C=O) groups excluding carboxylic acids is 1. The van der Waals surface area contributed by atoms with Crippen LogP contribution >= 0.6 is 39.7 Å². The van der Waals surface area contributed by atoms with E-state index in [-0.39, 0.29) is 10.9 Å². The standard InChI is InChI=1S/C13H14BrClN2O2S/c14-9-2-1-8(15)7-10(9)17-12(18)13(11(16)20)3-5-19-6-4-13/h1-2,7H,3-6H2,(H2,16,20)(H,17,18). The molecule has 1 fully saturated rings. The highest BCUT2D eigenvalue weighted by Gasteiger charge is 2.43. The van der Waals surface area contributed by atoms with Crippen LogP contribution in [0.2, 0.25) is 5.02 Å². The Kier molecular flexibility index (Phi) is 5.01. The van der Waals surface area contributed by atoms with Gasteiger partial charge in [0.15, 0.2) is 0 Å². The van der Waals surface area contributed by atoms with Gasteiger partial charge in [0.2, 0.25) is 5.91 Å². The molecule has 0 bridgehead atoms. The number of carbonyl (C=O) groups is 1. The van der Waals surface area contributed by atoms with Crippen molar-refractivity contribution in [2.45, 2.75) is 12.8 Å². The molecule has 1 aromatic carbocycles. The number of nitrogens with one attached hydrogen (secondary N) is 1. The average Bonchev–Trinajstić information content (AvgIpc) is 2.43.